The molecule has 0 aliphatic carbocycles. The van der Waals surface area contributed by atoms with Gasteiger partial charge < -0.3 is 4.74 Å². The van der Waals surface area contributed by atoms with Crippen LogP contribution in [0, 0.1) is 5.92 Å². The third-order valence-corrected chi connectivity index (χ3v) is 2.96. The summed E-state index contributed by atoms with van der Waals surface area (Å²) in [6, 6.07) is 6.32. The fourth-order valence-corrected chi connectivity index (χ4v) is 2.18. The summed E-state index contributed by atoms with van der Waals surface area (Å²) in [6.07, 6.45) is 4.88. The largest absolute Gasteiger partial charge is 0.372 e. The van der Waals surface area contributed by atoms with E-state index in [1.165, 1.54) is 18.5 Å². The van der Waals surface area contributed by atoms with Gasteiger partial charge in [0.05, 0.1) is 11.8 Å². The van der Waals surface area contributed by atoms with Crippen LogP contribution in [0.4, 0.5) is 0 Å². The van der Waals surface area contributed by atoms with Crippen molar-refractivity contribution in [2.75, 3.05) is 6.61 Å². The lowest BCUT2D eigenvalue weighted by Gasteiger charge is -2.22. The Morgan fingerprint density at radius 1 is 1.38 bits per heavy atom. The molecule has 2 heteroatoms. The molecule has 16 heavy (non-hydrogen) atoms. The van der Waals surface area contributed by atoms with Gasteiger partial charge in [0.25, 0.3) is 0 Å². The summed E-state index contributed by atoms with van der Waals surface area (Å²) < 4.78 is 5.76. The van der Waals surface area contributed by atoms with Crippen LogP contribution in [0.3, 0.4) is 0 Å². The van der Waals surface area contributed by atoms with Gasteiger partial charge in [-0.2, -0.15) is 0 Å². The van der Waals surface area contributed by atoms with E-state index in [2.05, 4.69) is 32.0 Å². The molecule has 1 aromatic heterocycles. The lowest BCUT2D eigenvalue weighted by molar-refractivity contribution is 0.0122. The van der Waals surface area contributed by atoms with Crippen LogP contribution in [-0.4, -0.2) is 11.6 Å². The Bertz CT molecular complexity index is 329. The lowest BCUT2D eigenvalue weighted by Crippen LogP contribution is -2.13. The van der Waals surface area contributed by atoms with Gasteiger partial charge in [0.1, 0.15) is 0 Å². The molecule has 0 N–H and O–H groups in total. The Labute approximate surface area is 98.0 Å². The third-order valence-electron chi connectivity index (χ3n) is 2.96. The Morgan fingerprint density at radius 2 is 2.25 bits per heavy atom. The first-order chi connectivity index (χ1) is 7.75. The van der Waals surface area contributed by atoms with Crippen molar-refractivity contribution in [1.29, 1.82) is 0 Å². The molecular formula is C14H21NO. The molecule has 1 atom stereocenters. The number of rotatable bonds is 3. The predicted octanol–water partition coefficient (Wildman–Crippen LogP) is 3.52. The average molecular weight is 219 g/mol. The van der Waals surface area contributed by atoms with E-state index >= 15 is 0 Å². The smallest absolute Gasteiger partial charge is 0.0994 e. The predicted molar refractivity (Wildman–Crippen MR) is 65.3 cm³/mol. The molecule has 0 spiro atoms. The Kier molecular flexibility index (Phi) is 3.94. The summed E-state index contributed by atoms with van der Waals surface area (Å²) in [6.45, 7) is 5.34. The highest BCUT2D eigenvalue weighted by molar-refractivity contribution is 5.14. The number of nitrogens with zero attached hydrogens (tertiary/aromatic N) is 1. The summed E-state index contributed by atoms with van der Waals surface area (Å²) in [7, 11) is 0. The van der Waals surface area contributed by atoms with Crippen molar-refractivity contribution < 1.29 is 4.74 Å². The van der Waals surface area contributed by atoms with Crippen LogP contribution in [0.15, 0.2) is 18.2 Å². The van der Waals surface area contributed by atoms with E-state index in [1.54, 1.807) is 0 Å². The monoisotopic (exact) mass is 219 g/mol. The van der Waals surface area contributed by atoms with Gasteiger partial charge >= 0.3 is 0 Å². The van der Waals surface area contributed by atoms with Gasteiger partial charge in [0.15, 0.2) is 0 Å². The Hall–Kier alpha value is -0.890. The number of ether oxygens (including phenoxy) is 1. The molecule has 1 fully saturated rings. The standard InChI is InChI=1S/C14H21NO/c1-11(2)10-12-6-5-7-13(15-12)14-8-3-4-9-16-14/h5-7,11,14H,3-4,8-10H2,1-2H3/t14-/m0/s1. The molecule has 0 bridgehead atoms. The zero-order chi connectivity index (χ0) is 11.4. The Balaban J connectivity index is 2.08. The molecular weight excluding hydrogens is 198 g/mol. The zero-order valence-corrected chi connectivity index (χ0v) is 10.3. The summed E-state index contributed by atoms with van der Waals surface area (Å²) in [5.41, 5.74) is 2.32. The molecule has 2 heterocycles. The van der Waals surface area contributed by atoms with E-state index in [-0.39, 0.29) is 6.10 Å². The summed E-state index contributed by atoms with van der Waals surface area (Å²) >= 11 is 0. The minimum atomic E-state index is 0.237. The van der Waals surface area contributed by atoms with Gasteiger partial charge in [-0.1, -0.05) is 19.9 Å². The van der Waals surface area contributed by atoms with Crippen LogP contribution in [0.1, 0.15) is 50.6 Å². The minimum absolute atomic E-state index is 0.237. The van der Waals surface area contributed by atoms with Crippen molar-refractivity contribution in [3.05, 3.63) is 29.6 Å². The molecule has 2 nitrogen and oxygen atoms in total. The van der Waals surface area contributed by atoms with Crippen LogP contribution in [-0.2, 0) is 11.2 Å². The van der Waals surface area contributed by atoms with Gasteiger partial charge in [0, 0.05) is 12.3 Å². The van der Waals surface area contributed by atoms with Gasteiger partial charge in [-0.15, -0.1) is 0 Å². The van der Waals surface area contributed by atoms with Crippen molar-refractivity contribution in [3.63, 3.8) is 0 Å². The maximum absolute atomic E-state index is 5.76. The van der Waals surface area contributed by atoms with Crippen LogP contribution in [0.5, 0.6) is 0 Å². The van der Waals surface area contributed by atoms with Crippen LogP contribution in [0.2, 0.25) is 0 Å². The quantitative estimate of drug-likeness (QED) is 0.776. The first-order valence-corrected chi connectivity index (χ1v) is 6.33. The van der Waals surface area contributed by atoms with E-state index in [0.717, 1.165) is 25.1 Å². The van der Waals surface area contributed by atoms with Crippen molar-refractivity contribution in [3.8, 4) is 0 Å². The second-order valence-electron chi connectivity index (χ2n) is 5.01. The molecule has 1 saturated heterocycles. The maximum Gasteiger partial charge on any atom is 0.0994 e. The summed E-state index contributed by atoms with van der Waals surface area (Å²) in [5.74, 6) is 0.662. The fourth-order valence-electron chi connectivity index (χ4n) is 2.18. The number of hydrogen-bond donors (Lipinski definition) is 0. The molecule has 0 amide bonds. The maximum atomic E-state index is 5.76. The normalized spacial score (nSPS) is 21.3. The SMILES string of the molecule is CC(C)Cc1cccc([C@@H]2CCCCO2)n1. The highest BCUT2D eigenvalue weighted by Crippen LogP contribution is 2.26. The van der Waals surface area contributed by atoms with Crippen molar-refractivity contribution in [2.24, 2.45) is 5.92 Å². The number of aromatic nitrogens is 1. The van der Waals surface area contributed by atoms with E-state index in [9.17, 15) is 0 Å². The highest BCUT2D eigenvalue weighted by atomic mass is 16.5. The van der Waals surface area contributed by atoms with Crippen molar-refractivity contribution in [1.82, 2.24) is 4.98 Å². The number of pyridine rings is 1. The highest BCUT2D eigenvalue weighted by Gasteiger charge is 2.17. The van der Waals surface area contributed by atoms with Crippen LogP contribution in [0.25, 0.3) is 0 Å². The van der Waals surface area contributed by atoms with E-state index in [1.807, 2.05) is 0 Å². The number of hydrogen-bond acceptors (Lipinski definition) is 2. The van der Waals surface area contributed by atoms with Gasteiger partial charge in [0.2, 0.25) is 0 Å². The zero-order valence-electron chi connectivity index (χ0n) is 10.3. The average Bonchev–Trinajstić information content (AvgIpc) is 2.30. The molecule has 2 rings (SSSR count). The van der Waals surface area contributed by atoms with Crippen LogP contribution < -0.4 is 0 Å². The summed E-state index contributed by atoms with van der Waals surface area (Å²) in [4.78, 5) is 4.71. The third kappa shape index (κ3) is 3.05. The van der Waals surface area contributed by atoms with Crippen LogP contribution >= 0.6 is 0 Å². The second-order valence-corrected chi connectivity index (χ2v) is 5.01. The van der Waals surface area contributed by atoms with Gasteiger partial charge in [-0.3, -0.25) is 4.98 Å². The molecule has 0 radical (unpaired) electrons. The molecule has 0 unspecified atom stereocenters. The van der Waals surface area contributed by atoms with Crippen molar-refractivity contribution >= 4 is 0 Å². The molecule has 0 saturated carbocycles. The second kappa shape index (κ2) is 5.44. The lowest BCUT2D eigenvalue weighted by atomic mass is 10.0. The fraction of sp³-hybridized carbons (Fsp3) is 0.643. The van der Waals surface area contributed by atoms with E-state index in [4.69, 9.17) is 9.72 Å². The summed E-state index contributed by atoms with van der Waals surface area (Å²) in [5, 5.41) is 0. The molecule has 1 aliphatic rings. The molecule has 1 aromatic rings. The molecule has 88 valence electrons. The van der Waals surface area contributed by atoms with Crippen molar-refractivity contribution in [2.45, 2.75) is 45.6 Å². The van der Waals surface area contributed by atoms with Gasteiger partial charge in [-0.05, 0) is 43.7 Å². The van der Waals surface area contributed by atoms with E-state index in [0.29, 0.717) is 5.92 Å². The first kappa shape index (κ1) is 11.6. The first-order valence-electron chi connectivity index (χ1n) is 6.33. The Morgan fingerprint density at radius 3 is 2.94 bits per heavy atom. The van der Waals surface area contributed by atoms with E-state index < -0.39 is 0 Å². The molecule has 0 aromatic carbocycles. The molecule has 1 aliphatic heterocycles. The minimum Gasteiger partial charge on any atom is -0.372 e. The van der Waals surface area contributed by atoms with Gasteiger partial charge in [-0.25, -0.2) is 0 Å². The topological polar surface area (TPSA) is 22.1 Å².